The lowest BCUT2D eigenvalue weighted by Gasteiger charge is -2.26. The van der Waals surface area contributed by atoms with E-state index in [1.807, 2.05) is 61.5 Å². The van der Waals surface area contributed by atoms with Crippen molar-refractivity contribution < 1.29 is 9.47 Å². The number of anilines is 1. The minimum Gasteiger partial charge on any atom is -0.490 e. The Kier molecular flexibility index (Phi) is 8.42. The fourth-order valence-corrected chi connectivity index (χ4v) is 6.22. The molecule has 47 heavy (non-hydrogen) atoms. The van der Waals surface area contributed by atoms with Crippen LogP contribution in [-0.4, -0.2) is 75.7 Å². The lowest BCUT2D eigenvalue weighted by atomic mass is 10.1. The number of hydrogen-bond donors (Lipinski definition) is 1. The molecule has 4 heterocycles. The van der Waals surface area contributed by atoms with Gasteiger partial charge in [-0.3, -0.25) is 14.3 Å². The molecule has 12 heteroatoms. The van der Waals surface area contributed by atoms with Crippen LogP contribution in [0.3, 0.4) is 0 Å². The first-order chi connectivity index (χ1) is 23.1. The number of morpholine rings is 1. The molecule has 1 fully saturated rings. The second-order valence-corrected chi connectivity index (χ2v) is 11.4. The molecule has 1 aliphatic heterocycles. The first-order valence-corrected chi connectivity index (χ1v) is 15.6. The van der Waals surface area contributed by atoms with E-state index in [0.717, 1.165) is 43.8 Å². The molecule has 0 aliphatic carbocycles. The van der Waals surface area contributed by atoms with Crippen LogP contribution in [-0.2, 0) is 11.3 Å². The summed E-state index contributed by atoms with van der Waals surface area (Å²) in [5.41, 5.74) is 4.23. The Morgan fingerprint density at radius 2 is 1.81 bits per heavy atom. The molecule has 0 spiro atoms. The fourth-order valence-electron chi connectivity index (χ4n) is 6.22. The molecule has 0 radical (unpaired) electrons. The van der Waals surface area contributed by atoms with Gasteiger partial charge >= 0.3 is 0 Å². The van der Waals surface area contributed by atoms with Crippen molar-refractivity contribution in [1.82, 2.24) is 29.2 Å². The van der Waals surface area contributed by atoms with Gasteiger partial charge in [0.15, 0.2) is 5.65 Å². The minimum absolute atomic E-state index is 0.146. The summed E-state index contributed by atoms with van der Waals surface area (Å²) in [6.45, 7) is 6.56. The molecule has 0 saturated carbocycles. The molecule has 1 N–H and O–H groups in total. The molecular formula is C35H34N8O4. The summed E-state index contributed by atoms with van der Waals surface area (Å²) in [6.07, 6.45) is 1.48. The summed E-state index contributed by atoms with van der Waals surface area (Å²) < 4.78 is 15.3. The maximum atomic E-state index is 14.5. The summed E-state index contributed by atoms with van der Waals surface area (Å²) in [5, 5.41) is 13.4. The Hall–Kier alpha value is -5.46. The summed E-state index contributed by atoms with van der Waals surface area (Å²) in [6, 6.07) is 22.5. The molecule has 6 aromatic rings. The quantitative estimate of drug-likeness (QED) is 0.200. The SMILES string of the molecule is CNc1ncnc2c1c(-c1cccc(N=O)c1)nn2Cc1cc2cccc(C)c2c(=O)n1-c1ccccc1OCCN1CCOCC1. The Bertz CT molecular complexity index is 2150. The zero-order valence-corrected chi connectivity index (χ0v) is 26.2. The van der Waals surface area contributed by atoms with E-state index in [2.05, 4.69) is 25.4 Å². The average molecular weight is 631 g/mol. The Balaban J connectivity index is 1.37. The highest BCUT2D eigenvalue weighted by Crippen LogP contribution is 2.34. The number of benzene rings is 3. The number of hydrogen-bond acceptors (Lipinski definition) is 10. The third kappa shape index (κ3) is 5.84. The van der Waals surface area contributed by atoms with Gasteiger partial charge in [-0.1, -0.05) is 42.5 Å². The van der Waals surface area contributed by atoms with Crippen LogP contribution in [0.2, 0.25) is 0 Å². The Morgan fingerprint density at radius 1 is 0.979 bits per heavy atom. The first-order valence-electron chi connectivity index (χ1n) is 15.6. The highest BCUT2D eigenvalue weighted by atomic mass is 16.5. The van der Waals surface area contributed by atoms with Gasteiger partial charge in [-0.05, 0) is 53.4 Å². The van der Waals surface area contributed by atoms with Gasteiger partial charge in [0.2, 0.25) is 0 Å². The number of fused-ring (bicyclic) bond motifs is 2. The molecule has 3 aromatic heterocycles. The molecule has 1 saturated heterocycles. The zero-order valence-electron chi connectivity index (χ0n) is 26.2. The van der Waals surface area contributed by atoms with Crippen LogP contribution in [0.4, 0.5) is 11.5 Å². The highest BCUT2D eigenvalue weighted by Gasteiger charge is 2.22. The number of aryl methyl sites for hydroxylation is 1. The van der Waals surface area contributed by atoms with Crippen molar-refractivity contribution in [3.63, 3.8) is 0 Å². The van der Waals surface area contributed by atoms with Crippen LogP contribution in [0.1, 0.15) is 11.3 Å². The third-order valence-electron chi connectivity index (χ3n) is 8.51. The molecule has 0 unspecified atom stereocenters. The minimum atomic E-state index is -0.146. The van der Waals surface area contributed by atoms with Crippen LogP contribution >= 0.6 is 0 Å². The molecule has 0 atom stereocenters. The summed E-state index contributed by atoms with van der Waals surface area (Å²) in [5.74, 6) is 1.20. The van der Waals surface area contributed by atoms with Crippen molar-refractivity contribution >= 4 is 33.3 Å². The van der Waals surface area contributed by atoms with Gasteiger partial charge in [0.25, 0.3) is 5.56 Å². The lowest BCUT2D eigenvalue weighted by Crippen LogP contribution is -2.38. The number of para-hydroxylation sites is 2. The second kappa shape index (κ2) is 13.1. The van der Waals surface area contributed by atoms with Crippen LogP contribution in [0.25, 0.3) is 38.8 Å². The van der Waals surface area contributed by atoms with Gasteiger partial charge < -0.3 is 14.8 Å². The highest BCUT2D eigenvalue weighted by molar-refractivity contribution is 5.99. The number of rotatable bonds is 10. The molecule has 7 rings (SSSR count). The number of ether oxygens (including phenoxy) is 2. The van der Waals surface area contributed by atoms with E-state index in [1.165, 1.54) is 6.33 Å². The average Bonchev–Trinajstić information content (AvgIpc) is 3.47. The van der Waals surface area contributed by atoms with Gasteiger partial charge in [0.05, 0.1) is 36.2 Å². The largest absolute Gasteiger partial charge is 0.490 e. The fraction of sp³-hybridized carbons (Fsp3) is 0.257. The normalized spacial score (nSPS) is 13.7. The van der Waals surface area contributed by atoms with E-state index in [1.54, 1.807) is 34.5 Å². The predicted molar refractivity (Wildman–Crippen MR) is 182 cm³/mol. The van der Waals surface area contributed by atoms with Crippen molar-refractivity contribution in [1.29, 1.82) is 0 Å². The Morgan fingerprint density at radius 3 is 2.64 bits per heavy atom. The van der Waals surface area contributed by atoms with Crippen molar-refractivity contribution in [2.75, 3.05) is 51.8 Å². The maximum absolute atomic E-state index is 14.5. The van der Waals surface area contributed by atoms with Gasteiger partial charge in [-0.25, -0.2) is 14.6 Å². The standard InChI is InChI=1S/C35H34N8O4/c1-23-7-5-8-24-20-27(21-42-34-31(33(36-2)37-22-38-34)32(39-42)25-9-6-10-26(19-25)40-45)43(35(44)30(23)24)28-11-3-4-12-29(28)47-18-15-41-13-16-46-17-14-41/h3-12,19-20,22H,13-18,21H2,1-2H3,(H,36,37,38). The van der Waals surface area contributed by atoms with Crippen LogP contribution < -0.4 is 15.6 Å². The zero-order chi connectivity index (χ0) is 32.3. The van der Waals surface area contributed by atoms with E-state index < -0.39 is 0 Å². The molecule has 0 bridgehead atoms. The molecule has 238 valence electrons. The smallest absolute Gasteiger partial charge is 0.263 e. The molecule has 12 nitrogen and oxygen atoms in total. The van der Waals surface area contributed by atoms with Crippen LogP contribution in [0.15, 0.2) is 89.1 Å². The molecule has 3 aromatic carbocycles. The predicted octanol–water partition coefficient (Wildman–Crippen LogP) is 5.30. The van der Waals surface area contributed by atoms with Crippen LogP contribution in [0.5, 0.6) is 5.75 Å². The van der Waals surface area contributed by atoms with Gasteiger partial charge in [0, 0.05) is 37.9 Å². The summed E-state index contributed by atoms with van der Waals surface area (Å²) in [4.78, 5) is 37.2. The van der Waals surface area contributed by atoms with Gasteiger partial charge in [-0.2, -0.15) is 5.10 Å². The van der Waals surface area contributed by atoms with Crippen molar-refractivity contribution in [2.24, 2.45) is 5.18 Å². The number of nitroso groups, excluding NO2 is 1. The molecule has 1 aliphatic rings. The lowest BCUT2D eigenvalue weighted by molar-refractivity contribution is 0.0322. The van der Waals surface area contributed by atoms with Gasteiger partial charge in [0.1, 0.15) is 35.9 Å². The van der Waals surface area contributed by atoms with Crippen molar-refractivity contribution in [3.05, 3.63) is 106 Å². The number of nitrogens with zero attached hydrogens (tertiary/aromatic N) is 7. The van der Waals surface area contributed by atoms with Crippen molar-refractivity contribution in [2.45, 2.75) is 13.5 Å². The van der Waals surface area contributed by atoms with E-state index in [9.17, 15) is 9.70 Å². The van der Waals surface area contributed by atoms with Crippen LogP contribution in [0, 0.1) is 11.8 Å². The molecule has 0 amide bonds. The van der Waals surface area contributed by atoms with E-state index in [4.69, 9.17) is 14.6 Å². The van der Waals surface area contributed by atoms with Gasteiger partial charge in [-0.15, -0.1) is 4.91 Å². The second-order valence-electron chi connectivity index (χ2n) is 11.4. The summed E-state index contributed by atoms with van der Waals surface area (Å²) >= 11 is 0. The Labute approximate surface area is 270 Å². The number of aromatic nitrogens is 5. The third-order valence-corrected chi connectivity index (χ3v) is 8.51. The number of pyridine rings is 1. The van der Waals surface area contributed by atoms with Crippen molar-refractivity contribution in [3.8, 4) is 22.7 Å². The van der Waals surface area contributed by atoms with E-state index in [-0.39, 0.29) is 17.8 Å². The summed E-state index contributed by atoms with van der Waals surface area (Å²) in [7, 11) is 1.78. The van der Waals surface area contributed by atoms with E-state index >= 15 is 0 Å². The topological polar surface area (TPSA) is 129 Å². The number of nitrogens with one attached hydrogen (secondary N) is 1. The molecular weight excluding hydrogens is 596 g/mol. The maximum Gasteiger partial charge on any atom is 0.263 e. The van der Waals surface area contributed by atoms with E-state index in [0.29, 0.717) is 57.2 Å². The monoisotopic (exact) mass is 630 g/mol. The first kappa shape index (κ1) is 30.2.